The normalized spacial score (nSPS) is 21.0. The second-order valence-corrected chi connectivity index (χ2v) is 11.3. The van der Waals surface area contributed by atoms with Crippen molar-refractivity contribution in [2.24, 2.45) is 11.8 Å². The summed E-state index contributed by atoms with van der Waals surface area (Å²) in [6.07, 6.45) is 3.11. The minimum atomic E-state index is -0.00310. The lowest BCUT2D eigenvalue weighted by Crippen LogP contribution is -2.42. The molecule has 0 aromatic heterocycles. The van der Waals surface area contributed by atoms with Crippen LogP contribution in [0.2, 0.25) is 0 Å². The van der Waals surface area contributed by atoms with Gasteiger partial charge in [-0.15, -0.1) is 0 Å². The zero-order valence-electron chi connectivity index (χ0n) is 21.1. The number of thioether (sulfide) groups is 1. The first-order valence-corrected chi connectivity index (χ1v) is 13.4. The number of fused-ring (bicyclic) bond motifs is 1. The Labute approximate surface area is 218 Å². The average molecular weight is 497 g/mol. The minimum absolute atomic E-state index is 0.00310. The van der Waals surface area contributed by atoms with E-state index in [2.05, 4.69) is 45.0 Å². The van der Waals surface area contributed by atoms with Gasteiger partial charge in [-0.25, -0.2) is 0 Å². The topological polar surface area (TPSA) is 40.6 Å². The van der Waals surface area contributed by atoms with E-state index in [1.165, 1.54) is 23.7 Å². The van der Waals surface area contributed by atoms with Crippen molar-refractivity contribution in [3.05, 3.63) is 100.0 Å². The molecule has 184 valence electrons. The number of carbonyl (C=O) groups is 2. The number of benzene rings is 3. The fraction of sp³-hybridized carbons (Fsp3) is 0.290. The molecule has 0 spiro atoms. The van der Waals surface area contributed by atoms with Crippen molar-refractivity contribution in [3.8, 4) is 0 Å². The molecule has 5 heteroatoms. The SMILES string of the molecule is Cc1cccc(CN2C(=O)/C(=C\c3ccc(C(=O)N4CC(C)CC(C)C4)cc3)Sc3ccccc32)c1. The predicted octanol–water partition coefficient (Wildman–Crippen LogP) is 6.79. The molecule has 2 unspecified atom stereocenters. The molecule has 0 bridgehead atoms. The third-order valence-electron chi connectivity index (χ3n) is 6.87. The van der Waals surface area contributed by atoms with Crippen LogP contribution in [0, 0.1) is 18.8 Å². The Kier molecular flexibility index (Phi) is 7.01. The van der Waals surface area contributed by atoms with E-state index in [0.717, 1.165) is 34.8 Å². The van der Waals surface area contributed by atoms with Crippen LogP contribution in [0.5, 0.6) is 0 Å². The van der Waals surface area contributed by atoms with Crippen LogP contribution in [-0.2, 0) is 11.3 Å². The highest BCUT2D eigenvalue weighted by Crippen LogP contribution is 2.42. The summed E-state index contributed by atoms with van der Waals surface area (Å²) in [4.78, 5) is 32.3. The number of amides is 2. The predicted molar refractivity (Wildman–Crippen MR) is 148 cm³/mol. The molecule has 0 saturated carbocycles. The molecule has 0 aliphatic carbocycles. The first-order chi connectivity index (χ1) is 17.4. The maximum absolute atomic E-state index is 13.6. The molecule has 3 aromatic rings. The van der Waals surface area contributed by atoms with Gasteiger partial charge in [0.05, 0.1) is 17.1 Å². The Morgan fingerprint density at radius 2 is 1.69 bits per heavy atom. The zero-order valence-corrected chi connectivity index (χ0v) is 21.9. The Bertz CT molecular complexity index is 1300. The van der Waals surface area contributed by atoms with Gasteiger partial charge in [0, 0.05) is 23.5 Å². The van der Waals surface area contributed by atoms with Gasteiger partial charge >= 0.3 is 0 Å². The number of carbonyl (C=O) groups excluding carboxylic acids is 2. The number of likely N-dealkylation sites (tertiary alicyclic amines) is 1. The third kappa shape index (κ3) is 5.26. The number of rotatable bonds is 4. The summed E-state index contributed by atoms with van der Waals surface area (Å²) in [6, 6.07) is 24.0. The van der Waals surface area contributed by atoms with Gasteiger partial charge in [-0.1, -0.05) is 79.7 Å². The van der Waals surface area contributed by atoms with Crippen molar-refractivity contribution in [2.45, 2.75) is 38.6 Å². The Morgan fingerprint density at radius 3 is 2.42 bits per heavy atom. The van der Waals surface area contributed by atoms with Gasteiger partial charge in [-0.2, -0.15) is 0 Å². The summed E-state index contributed by atoms with van der Waals surface area (Å²) in [5.41, 5.74) is 4.84. The Balaban J connectivity index is 1.38. The van der Waals surface area contributed by atoms with Crippen molar-refractivity contribution < 1.29 is 9.59 Å². The van der Waals surface area contributed by atoms with Gasteiger partial charge in [-0.05, 0) is 66.6 Å². The third-order valence-corrected chi connectivity index (χ3v) is 7.94. The van der Waals surface area contributed by atoms with E-state index in [1.807, 2.05) is 64.4 Å². The fourth-order valence-electron chi connectivity index (χ4n) is 5.30. The van der Waals surface area contributed by atoms with Crippen LogP contribution in [0.15, 0.2) is 82.6 Å². The van der Waals surface area contributed by atoms with Crippen LogP contribution < -0.4 is 4.90 Å². The molecule has 1 fully saturated rings. The molecular weight excluding hydrogens is 464 g/mol. The summed E-state index contributed by atoms with van der Waals surface area (Å²) in [5.74, 6) is 1.15. The number of para-hydroxylation sites is 1. The Morgan fingerprint density at radius 1 is 0.972 bits per heavy atom. The summed E-state index contributed by atoms with van der Waals surface area (Å²) in [6.45, 7) is 8.65. The molecule has 5 rings (SSSR count). The summed E-state index contributed by atoms with van der Waals surface area (Å²) < 4.78 is 0. The van der Waals surface area contributed by atoms with E-state index in [4.69, 9.17) is 0 Å². The molecule has 2 amide bonds. The molecule has 36 heavy (non-hydrogen) atoms. The number of aryl methyl sites for hydroxylation is 1. The van der Waals surface area contributed by atoms with Crippen LogP contribution in [0.25, 0.3) is 6.08 Å². The molecule has 3 aromatic carbocycles. The molecule has 1 saturated heterocycles. The van der Waals surface area contributed by atoms with E-state index < -0.39 is 0 Å². The van der Waals surface area contributed by atoms with E-state index >= 15 is 0 Å². The van der Waals surface area contributed by atoms with Crippen LogP contribution in [-0.4, -0.2) is 29.8 Å². The van der Waals surface area contributed by atoms with Crippen LogP contribution in [0.1, 0.15) is 47.3 Å². The number of nitrogens with zero attached hydrogens (tertiary/aromatic N) is 2. The van der Waals surface area contributed by atoms with E-state index in [1.54, 1.807) is 0 Å². The van der Waals surface area contributed by atoms with Gasteiger partial charge < -0.3 is 9.80 Å². The van der Waals surface area contributed by atoms with Crippen molar-refractivity contribution in [3.63, 3.8) is 0 Å². The van der Waals surface area contributed by atoms with Gasteiger partial charge in [-0.3, -0.25) is 9.59 Å². The van der Waals surface area contributed by atoms with Crippen molar-refractivity contribution >= 4 is 35.3 Å². The number of piperidine rings is 1. The molecule has 2 aliphatic heterocycles. The quantitative estimate of drug-likeness (QED) is 0.373. The molecule has 0 radical (unpaired) electrons. The second kappa shape index (κ2) is 10.4. The first-order valence-electron chi connectivity index (χ1n) is 12.6. The zero-order chi connectivity index (χ0) is 25.2. The van der Waals surface area contributed by atoms with E-state index in [-0.39, 0.29) is 11.8 Å². The van der Waals surface area contributed by atoms with Crippen molar-refractivity contribution in [1.82, 2.24) is 4.90 Å². The summed E-state index contributed by atoms with van der Waals surface area (Å²) in [5, 5.41) is 0. The van der Waals surface area contributed by atoms with Gasteiger partial charge in [0.15, 0.2) is 0 Å². The van der Waals surface area contributed by atoms with E-state index in [0.29, 0.717) is 28.8 Å². The lowest BCUT2D eigenvalue weighted by atomic mass is 9.91. The number of hydrogen-bond acceptors (Lipinski definition) is 3. The molecule has 2 atom stereocenters. The lowest BCUT2D eigenvalue weighted by molar-refractivity contribution is -0.114. The van der Waals surface area contributed by atoms with Crippen LogP contribution >= 0.6 is 11.8 Å². The highest BCUT2D eigenvalue weighted by atomic mass is 32.2. The molecule has 2 heterocycles. The average Bonchev–Trinajstić information content (AvgIpc) is 2.86. The Hall–Kier alpha value is -3.31. The molecule has 4 nitrogen and oxygen atoms in total. The number of hydrogen-bond donors (Lipinski definition) is 0. The maximum Gasteiger partial charge on any atom is 0.265 e. The molecule has 0 N–H and O–H groups in total. The summed E-state index contributed by atoms with van der Waals surface area (Å²) >= 11 is 1.51. The minimum Gasteiger partial charge on any atom is -0.338 e. The van der Waals surface area contributed by atoms with Gasteiger partial charge in [0.25, 0.3) is 11.8 Å². The van der Waals surface area contributed by atoms with Gasteiger partial charge in [0.2, 0.25) is 0 Å². The highest BCUT2D eigenvalue weighted by molar-refractivity contribution is 8.04. The van der Waals surface area contributed by atoms with Crippen LogP contribution in [0.4, 0.5) is 5.69 Å². The maximum atomic E-state index is 13.6. The van der Waals surface area contributed by atoms with Crippen molar-refractivity contribution in [1.29, 1.82) is 0 Å². The van der Waals surface area contributed by atoms with Crippen molar-refractivity contribution in [2.75, 3.05) is 18.0 Å². The number of anilines is 1. The van der Waals surface area contributed by atoms with Crippen LogP contribution in [0.3, 0.4) is 0 Å². The smallest absolute Gasteiger partial charge is 0.265 e. The monoisotopic (exact) mass is 496 g/mol. The standard InChI is InChI=1S/C31H32N2O2S/c1-21-7-6-8-25(16-21)20-33-27-9-4-5-10-28(27)36-29(31(33)35)17-24-11-13-26(14-12-24)30(34)32-18-22(2)15-23(3)19-32/h4-14,16-17,22-23H,15,18-20H2,1-3H3/b29-17+. The lowest BCUT2D eigenvalue weighted by Gasteiger charge is -2.35. The van der Waals surface area contributed by atoms with E-state index in [9.17, 15) is 9.59 Å². The highest BCUT2D eigenvalue weighted by Gasteiger charge is 2.29. The van der Waals surface area contributed by atoms with Gasteiger partial charge in [0.1, 0.15) is 0 Å². The first kappa shape index (κ1) is 24.4. The molecule has 2 aliphatic rings. The fourth-order valence-corrected chi connectivity index (χ4v) is 6.36. The summed E-state index contributed by atoms with van der Waals surface area (Å²) in [7, 11) is 0. The molecular formula is C31H32N2O2S. The largest absolute Gasteiger partial charge is 0.338 e. The second-order valence-electron chi connectivity index (χ2n) is 10.2.